The highest BCUT2D eigenvalue weighted by molar-refractivity contribution is 8.00. The van der Waals surface area contributed by atoms with Gasteiger partial charge in [-0.1, -0.05) is 27.2 Å². The van der Waals surface area contributed by atoms with Gasteiger partial charge in [0.25, 0.3) is 0 Å². The van der Waals surface area contributed by atoms with E-state index in [0.29, 0.717) is 24.6 Å². The van der Waals surface area contributed by atoms with Gasteiger partial charge in [-0.05, 0) is 49.5 Å². The molecule has 2 aliphatic carbocycles. The first-order valence-electron chi connectivity index (χ1n) is 13.8. The number of aliphatic hydroxyl groups excluding tert-OH is 2. The number of ether oxygens (including phenoxy) is 1. The lowest BCUT2D eigenvalue weighted by atomic mass is 9.46. The fourth-order valence-corrected chi connectivity index (χ4v) is 8.80. The Labute approximate surface area is 215 Å². The summed E-state index contributed by atoms with van der Waals surface area (Å²) in [4.78, 5) is 15.6. The van der Waals surface area contributed by atoms with Gasteiger partial charge in [0, 0.05) is 49.3 Å². The second-order valence-electron chi connectivity index (χ2n) is 11.7. The minimum Gasteiger partial charge on any atom is -0.396 e. The molecule has 202 valence electrons. The summed E-state index contributed by atoms with van der Waals surface area (Å²) in [5.74, 6) is 0.466. The lowest BCUT2D eigenvalue weighted by Gasteiger charge is -2.61. The number of hydrogen-bond donors (Lipinski definition) is 5. The van der Waals surface area contributed by atoms with Crippen LogP contribution in [0.1, 0.15) is 59.3 Å². The fourth-order valence-electron chi connectivity index (χ4n) is 7.26. The van der Waals surface area contributed by atoms with E-state index >= 15 is 0 Å². The van der Waals surface area contributed by atoms with Crippen LogP contribution in [0.15, 0.2) is 0 Å². The first-order valence-corrected chi connectivity index (χ1v) is 14.8. The SMILES string of the molecule is CCCCNC1NC2C(C[C@H]3[C@](C)(CO)[C@H](O)CC[C@@]3(C)[C@@H]2CC(=O)NCCN2CCOCC2)S1. The van der Waals surface area contributed by atoms with Gasteiger partial charge >= 0.3 is 0 Å². The minimum atomic E-state index is -0.530. The van der Waals surface area contributed by atoms with Crippen molar-refractivity contribution in [3.8, 4) is 0 Å². The number of carbonyl (C=O) groups is 1. The Morgan fingerprint density at radius 1 is 1.26 bits per heavy atom. The number of rotatable bonds is 10. The number of nitrogens with one attached hydrogen (secondary N) is 3. The quantitative estimate of drug-likeness (QED) is 0.280. The average Bonchev–Trinajstić information content (AvgIpc) is 3.26. The first kappa shape index (κ1) is 27.6. The van der Waals surface area contributed by atoms with E-state index in [1.807, 2.05) is 11.8 Å². The third-order valence-electron chi connectivity index (χ3n) is 9.57. The Morgan fingerprint density at radius 3 is 2.74 bits per heavy atom. The molecule has 2 aliphatic heterocycles. The molecule has 0 radical (unpaired) electrons. The van der Waals surface area contributed by atoms with Gasteiger partial charge < -0.3 is 20.3 Å². The molecule has 2 heterocycles. The topological polar surface area (TPSA) is 106 Å². The zero-order valence-corrected chi connectivity index (χ0v) is 22.7. The average molecular weight is 513 g/mol. The molecule has 1 amide bonds. The predicted molar refractivity (Wildman–Crippen MR) is 140 cm³/mol. The van der Waals surface area contributed by atoms with Gasteiger partial charge in [-0.2, -0.15) is 0 Å². The second-order valence-corrected chi connectivity index (χ2v) is 13.0. The number of morpholine rings is 1. The minimum absolute atomic E-state index is 0.0133. The second kappa shape index (κ2) is 12.0. The molecule has 0 aromatic rings. The molecule has 8 nitrogen and oxygen atoms in total. The van der Waals surface area contributed by atoms with Crippen LogP contribution in [-0.4, -0.2) is 96.5 Å². The van der Waals surface area contributed by atoms with E-state index in [1.54, 1.807) is 0 Å². The summed E-state index contributed by atoms with van der Waals surface area (Å²) in [6.45, 7) is 12.5. The molecule has 3 unspecified atom stereocenters. The molecule has 8 atom stereocenters. The monoisotopic (exact) mass is 512 g/mol. The number of fused-ring (bicyclic) bond motifs is 2. The van der Waals surface area contributed by atoms with Crippen molar-refractivity contribution in [2.45, 2.75) is 82.2 Å². The zero-order chi connectivity index (χ0) is 25.1. The Kier molecular flexibility index (Phi) is 9.44. The van der Waals surface area contributed by atoms with Crippen molar-refractivity contribution in [1.29, 1.82) is 0 Å². The third kappa shape index (κ3) is 5.86. The first-order chi connectivity index (χ1) is 16.8. The Morgan fingerprint density at radius 2 is 2.03 bits per heavy atom. The van der Waals surface area contributed by atoms with Crippen molar-refractivity contribution in [2.75, 3.05) is 52.5 Å². The maximum Gasteiger partial charge on any atom is 0.220 e. The number of hydrogen-bond acceptors (Lipinski definition) is 8. The smallest absolute Gasteiger partial charge is 0.220 e. The molecule has 5 N–H and O–H groups in total. The molecule has 0 spiro atoms. The van der Waals surface area contributed by atoms with E-state index in [9.17, 15) is 15.0 Å². The van der Waals surface area contributed by atoms with Gasteiger partial charge in [0.15, 0.2) is 0 Å². The van der Waals surface area contributed by atoms with Crippen molar-refractivity contribution < 1.29 is 19.7 Å². The highest BCUT2D eigenvalue weighted by atomic mass is 32.2. The lowest BCUT2D eigenvalue weighted by molar-refractivity contribution is -0.167. The molecule has 35 heavy (non-hydrogen) atoms. The summed E-state index contributed by atoms with van der Waals surface area (Å²) in [5, 5.41) is 32.4. The molecular formula is C26H48N4O4S. The Bertz CT molecular complexity index is 711. The summed E-state index contributed by atoms with van der Waals surface area (Å²) in [5.41, 5.74) is -0.444. The number of aliphatic hydroxyl groups is 2. The molecule has 0 bridgehead atoms. The van der Waals surface area contributed by atoms with Crippen molar-refractivity contribution >= 4 is 17.7 Å². The van der Waals surface area contributed by atoms with Crippen molar-refractivity contribution in [1.82, 2.24) is 20.9 Å². The van der Waals surface area contributed by atoms with Crippen molar-refractivity contribution in [3.05, 3.63) is 0 Å². The summed E-state index contributed by atoms with van der Waals surface area (Å²) in [6.07, 6.45) is 4.85. The van der Waals surface area contributed by atoms with Crippen molar-refractivity contribution in [3.63, 3.8) is 0 Å². The maximum absolute atomic E-state index is 13.2. The van der Waals surface area contributed by atoms with E-state index in [-0.39, 0.29) is 41.3 Å². The van der Waals surface area contributed by atoms with Crippen LogP contribution in [0.25, 0.3) is 0 Å². The lowest BCUT2D eigenvalue weighted by Crippen LogP contribution is -2.64. The van der Waals surface area contributed by atoms with E-state index in [4.69, 9.17) is 4.74 Å². The van der Waals surface area contributed by atoms with E-state index in [0.717, 1.165) is 65.1 Å². The highest BCUT2D eigenvalue weighted by Gasteiger charge is 2.62. The molecule has 4 rings (SSSR count). The molecular weight excluding hydrogens is 464 g/mol. The Balaban J connectivity index is 1.47. The summed E-state index contributed by atoms with van der Waals surface area (Å²) >= 11 is 1.94. The molecule has 0 aromatic carbocycles. The van der Waals surface area contributed by atoms with E-state index < -0.39 is 11.5 Å². The van der Waals surface area contributed by atoms with E-state index in [2.05, 4.69) is 41.6 Å². The van der Waals surface area contributed by atoms with Crippen LogP contribution in [0.3, 0.4) is 0 Å². The van der Waals surface area contributed by atoms with Crippen molar-refractivity contribution in [2.24, 2.45) is 22.7 Å². The van der Waals surface area contributed by atoms with Gasteiger partial charge in [0.1, 0.15) is 5.50 Å². The summed E-state index contributed by atoms with van der Waals surface area (Å²) in [7, 11) is 0. The zero-order valence-electron chi connectivity index (χ0n) is 21.9. The molecule has 4 aliphatic rings. The normalized spacial score (nSPS) is 41.9. The van der Waals surface area contributed by atoms with Crippen LogP contribution in [0.2, 0.25) is 0 Å². The molecule has 4 fully saturated rings. The van der Waals surface area contributed by atoms with Gasteiger partial charge in [-0.3, -0.25) is 20.3 Å². The summed E-state index contributed by atoms with van der Waals surface area (Å²) in [6, 6.07) is 0.253. The van der Waals surface area contributed by atoms with Gasteiger partial charge in [-0.15, -0.1) is 11.8 Å². The van der Waals surface area contributed by atoms with Crippen LogP contribution in [0.5, 0.6) is 0 Å². The van der Waals surface area contributed by atoms with Crippen LogP contribution in [-0.2, 0) is 9.53 Å². The standard InChI is InChI=1S/C26H48N4O4S/c1-4-5-8-28-24-29-23-18(15-22(33)27-9-10-30-11-13-34-14-12-30)25(2)7-6-21(32)26(3,17-31)20(25)16-19(23)35-24/h18-21,23-24,28-29,31-32H,4-17H2,1-3H3,(H,27,33)/t18-,19?,20-,21-,23?,24?,25+,26+/m1/s1. The van der Waals surface area contributed by atoms with Crippen LogP contribution < -0.4 is 16.0 Å². The van der Waals surface area contributed by atoms with Gasteiger partial charge in [0.05, 0.1) is 25.9 Å². The van der Waals surface area contributed by atoms with Crippen LogP contribution >= 0.6 is 11.8 Å². The summed E-state index contributed by atoms with van der Waals surface area (Å²) < 4.78 is 5.42. The molecule has 2 saturated carbocycles. The number of unbranched alkanes of at least 4 members (excludes halogenated alkanes) is 1. The predicted octanol–water partition coefficient (Wildman–Crippen LogP) is 1.37. The van der Waals surface area contributed by atoms with E-state index in [1.165, 1.54) is 0 Å². The molecule has 0 aromatic heterocycles. The highest BCUT2D eigenvalue weighted by Crippen LogP contribution is 2.63. The molecule has 9 heteroatoms. The number of amides is 1. The fraction of sp³-hybridized carbons (Fsp3) is 0.962. The number of carbonyl (C=O) groups excluding carboxylic acids is 1. The van der Waals surface area contributed by atoms with Gasteiger partial charge in [0.2, 0.25) is 5.91 Å². The number of nitrogens with zero attached hydrogens (tertiary/aromatic N) is 1. The Hall–Kier alpha value is -0.420. The maximum atomic E-state index is 13.2. The largest absolute Gasteiger partial charge is 0.396 e. The number of thioether (sulfide) groups is 1. The van der Waals surface area contributed by atoms with Crippen LogP contribution in [0, 0.1) is 22.7 Å². The third-order valence-corrected chi connectivity index (χ3v) is 11.0. The van der Waals surface area contributed by atoms with Gasteiger partial charge in [-0.25, -0.2) is 0 Å². The molecule has 2 saturated heterocycles. The van der Waals surface area contributed by atoms with Crippen LogP contribution in [0.4, 0.5) is 0 Å².